The summed E-state index contributed by atoms with van der Waals surface area (Å²) in [5.74, 6) is -5.57. The van der Waals surface area contributed by atoms with Crippen molar-refractivity contribution >= 4 is 47.5 Å². The number of aliphatic hydroxyl groups is 1. The summed E-state index contributed by atoms with van der Waals surface area (Å²) in [6, 6.07) is -7.98. The Kier molecular flexibility index (Phi) is 23.0. The monoisotopic (exact) mass is 870 g/mol. The zero-order valence-electron chi connectivity index (χ0n) is 40.4. The van der Waals surface area contributed by atoms with E-state index < -0.39 is 113 Å². The van der Waals surface area contributed by atoms with Crippen LogP contribution in [0.5, 0.6) is 0 Å². The van der Waals surface area contributed by atoms with Crippen LogP contribution in [0.1, 0.15) is 116 Å². The zero-order valence-corrected chi connectivity index (χ0v) is 40.4. The molecule has 0 aliphatic carbocycles. The summed E-state index contributed by atoms with van der Waals surface area (Å²) in [6.45, 7) is 23.9. The van der Waals surface area contributed by atoms with Gasteiger partial charge < -0.3 is 45.2 Å². The number of esters is 1. The summed E-state index contributed by atoms with van der Waals surface area (Å²) >= 11 is 0. The first kappa shape index (κ1) is 56.5. The van der Waals surface area contributed by atoms with Gasteiger partial charge in [0, 0.05) is 28.2 Å². The van der Waals surface area contributed by atoms with Gasteiger partial charge in [-0.15, -0.1) is 0 Å². The molecule has 9 atom stereocenters. The van der Waals surface area contributed by atoms with Crippen LogP contribution in [0, 0.1) is 23.7 Å². The number of rotatable bonds is 22. The van der Waals surface area contributed by atoms with Gasteiger partial charge in [-0.2, -0.15) is 0 Å². The van der Waals surface area contributed by atoms with Gasteiger partial charge in [0.15, 0.2) is 0 Å². The van der Waals surface area contributed by atoms with E-state index in [4.69, 9.17) is 9.47 Å². The number of nitrogens with zero attached hydrogens (tertiary/aromatic N) is 4. The normalized spacial score (nSPS) is 16.1. The minimum Gasteiger partial charge on any atom is -0.467 e. The van der Waals surface area contributed by atoms with Crippen molar-refractivity contribution < 1.29 is 52.9 Å². The first-order valence-electron chi connectivity index (χ1n) is 21.3. The van der Waals surface area contributed by atoms with E-state index >= 15 is 0 Å². The number of likely N-dealkylation sites (N-methyl/N-ethyl adjacent to an activating group) is 4. The fraction of sp³-hybridized carbons (Fsp3) is 0.814. The van der Waals surface area contributed by atoms with Crippen LogP contribution in [0.3, 0.4) is 0 Å². The van der Waals surface area contributed by atoms with Crippen LogP contribution in [0.2, 0.25) is 0 Å². The van der Waals surface area contributed by atoms with Gasteiger partial charge >= 0.3 is 12.1 Å². The summed E-state index contributed by atoms with van der Waals surface area (Å²) in [5.41, 5.74) is -0.803. The highest BCUT2D eigenvalue weighted by atomic mass is 16.6. The summed E-state index contributed by atoms with van der Waals surface area (Å²) < 4.78 is 10.3. The predicted molar refractivity (Wildman–Crippen MR) is 231 cm³/mol. The summed E-state index contributed by atoms with van der Waals surface area (Å²) in [5, 5.41) is 19.2. The van der Waals surface area contributed by atoms with Gasteiger partial charge in [-0.05, 0) is 78.1 Å². The van der Waals surface area contributed by atoms with E-state index in [1.54, 1.807) is 41.5 Å². The van der Waals surface area contributed by atoms with Crippen LogP contribution < -0.4 is 16.0 Å². The second-order valence-electron chi connectivity index (χ2n) is 18.4. The first-order chi connectivity index (χ1) is 27.9. The average molecular weight is 870 g/mol. The molecule has 0 aromatic carbocycles. The zero-order chi connectivity index (χ0) is 48.0. The molecule has 0 unspecified atom stereocenters. The smallest absolute Gasteiger partial charge is 0.410 e. The third-order valence-electron chi connectivity index (χ3n) is 10.9. The van der Waals surface area contributed by atoms with E-state index in [2.05, 4.69) is 16.0 Å². The van der Waals surface area contributed by atoms with E-state index in [1.807, 2.05) is 34.6 Å². The van der Waals surface area contributed by atoms with Crippen LogP contribution >= 0.6 is 0 Å². The summed E-state index contributed by atoms with van der Waals surface area (Å²) in [4.78, 5) is 113. The SMILES string of the molecule is CC[C@H](C)[C@@H](NC(=O)[C@H](NC(=O)[C@@H](C)N(C)C(=O)[C@H](C)N(C)C(=O)OC(C)(C)C)[C@H](O)C(C)C)C(=O)N(C)[C@@H](C)C(=O)N(C)[C@@H](CC(C)C)C(=O)N[C@@H](CC(C)C)C(=O)OC. The Morgan fingerprint density at radius 3 is 1.49 bits per heavy atom. The van der Waals surface area contributed by atoms with Gasteiger partial charge in [0.05, 0.1) is 13.2 Å². The number of amides is 7. The summed E-state index contributed by atoms with van der Waals surface area (Å²) in [6.07, 6.45) is -1.15. The standard InChI is InChI=1S/C43H79N7O11/c1-20-26(8)32(40(57)48(16)28(10)39(56)50(18)31(22-24(4)5)36(53)44-30(21-23(2)3)41(58)60-19)45-37(54)33(34(51)25(6)7)46-35(52)27(9)47(15)38(55)29(11)49(17)42(59)61-43(12,13)14/h23-34,51H,20-22H2,1-19H3,(H,44,53)(H,45,54)(H,46,52)/t26-,27+,28-,29-,30-,31-,32+,33+,34+/m0/s1. The van der Waals surface area contributed by atoms with E-state index in [-0.39, 0.29) is 18.3 Å². The van der Waals surface area contributed by atoms with Crippen molar-refractivity contribution in [3.8, 4) is 0 Å². The molecule has 0 spiro atoms. The fourth-order valence-corrected chi connectivity index (χ4v) is 6.22. The largest absolute Gasteiger partial charge is 0.467 e. The molecule has 0 aromatic rings. The molecule has 0 aliphatic rings. The molecule has 0 bridgehead atoms. The number of nitrogens with one attached hydrogen (secondary N) is 3. The minimum atomic E-state index is -1.56. The van der Waals surface area contributed by atoms with Gasteiger partial charge in [-0.25, -0.2) is 9.59 Å². The van der Waals surface area contributed by atoms with Crippen molar-refractivity contribution in [3.05, 3.63) is 0 Å². The van der Waals surface area contributed by atoms with Gasteiger partial charge in [-0.3, -0.25) is 33.7 Å². The number of carbonyl (C=O) groups is 8. The molecule has 61 heavy (non-hydrogen) atoms. The maximum absolute atomic E-state index is 14.2. The highest BCUT2D eigenvalue weighted by Gasteiger charge is 2.41. The molecule has 0 aromatic heterocycles. The lowest BCUT2D eigenvalue weighted by Crippen LogP contribution is -2.63. The van der Waals surface area contributed by atoms with Crippen LogP contribution in [0.25, 0.3) is 0 Å². The number of hydrogen-bond acceptors (Lipinski definition) is 11. The molecule has 0 heterocycles. The molecule has 0 aliphatic heterocycles. The van der Waals surface area contributed by atoms with Gasteiger partial charge in [0.1, 0.15) is 47.9 Å². The molecule has 0 radical (unpaired) electrons. The predicted octanol–water partition coefficient (Wildman–Crippen LogP) is 2.55. The molecule has 7 amide bonds. The molecule has 352 valence electrons. The van der Waals surface area contributed by atoms with E-state index in [0.717, 1.165) is 9.80 Å². The van der Waals surface area contributed by atoms with Crippen molar-refractivity contribution in [1.82, 2.24) is 35.6 Å². The van der Waals surface area contributed by atoms with E-state index in [0.29, 0.717) is 12.8 Å². The quantitative estimate of drug-likeness (QED) is 0.116. The van der Waals surface area contributed by atoms with Crippen molar-refractivity contribution in [2.75, 3.05) is 35.3 Å². The second-order valence-corrected chi connectivity index (χ2v) is 18.4. The lowest BCUT2D eigenvalue weighted by molar-refractivity contribution is -0.150. The van der Waals surface area contributed by atoms with Gasteiger partial charge in [0.25, 0.3) is 0 Å². The molecule has 0 fully saturated rings. The maximum atomic E-state index is 14.2. The topological polar surface area (TPSA) is 224 Å². The Morgan fingerprint density at radius 2 is 1.05 bits per heavy atom. The van der Waals surface area contributed by atoms with Crippen LogP contribution in [0.15, 0.2) is 0 Å². The van der Waals surface area contributed by atoms with Crippen molar-refractivity contribution in [2.24, 2.45) is 23.7 Å². The first-order valence-corrected chi connectivity index (χ1v) is 21.3. The molecule has 0 rings (SSSR count). The van der Waals surface area contributed by atoms with Crippen LogP contribution in [-0.4, -0.2) is 162 Å². The Morgan fingerprint density at radius 1 is 0.590 bits per heavy atom. The van der Waals surface area contributed by atoms with Crippen LogP contribution in [0.4, 0.5) is 4.79 Å². The maximum Gasteiger partial charge on any atom is 0.410 e. The molecule has 18 nitrogen and oxygen atoms in total. The molecule has 4 N–H and O–H groups in total. The number of carbonyl (C=O) groups excluding carboxylic acids is 8. The Labute approximate surface area is 364 Å². The van der Waals surface area contributed by atoms with Crippen molar-refractivity contribution in [2.45, 2.75) is 170 Å². The molecule has 18 heteroatoms. The lowest BCUT2D eigenvalue weighted by Gasteiger charge is -2.36. The Hall–Kier alpha value is -4.48. The third kappa shape index (κ3) is 17.1. The number of ether oxygens (including phenoxy) is 2. The number of methoxy groups -OCH3 is 1. The Balaban J connectivity index is 6.42. The Bertz CT molecular complexity index is 1520. The van der Waals surface area contributed by atoms with Crippen molar-refractivity contribution in [3.63, 3.8) is 0 Å². The lowest BCUT2D eigenvalue weighted by atomic mass is 9.94. The third-order valence-corrected chi connectivity index (χ3v) is 10.9. The van der Waals surface area contributed by atoms with E-state index in [1.165, 1.54) is 65.9 Å². The summed E-state index contributed by atoms with van der Waals surface area (Å²) in [7, 11) is 6.87. The molecular formula is C43H79N7O11. The van der Waals surface area contributed by atoms with Crippen molar-refractivity contribution in [1.29, 1.82) is 0 Å². The minimum absolute atomic E-state index is 0.0275. The highest BCUT2D eigenvalue weighted by Crippen LogP contribution is 2.19. The van der Waals surface area contributed by atoms with Gasteiger partial charge in [0.2, 0.25) is 35.4 Å². The van der Waals surface area contributed by atoms with E-state index in [9.17, 15) is 43.5 Å². The highest BCUT2D eigenvalue weighted by molar-refractivity contribution is 5.97. The average Bonchev–Trinajstić information content (AvgIpc) is 3.18. The van der Waals surface area contributed by atoms with Crippen LogP contribution in [-0.2, 0) is 43.0 Å². The number of aliphatic hydroxyl groups excluding tert-OH is 1. The second kappa shape index (κ2) is 24.8. The molecule has 0 saturated carbocycles. The van der Waals surface area contributed by atoms with Gasteiger partial charge in [-0.1, -0.05) is 61.8 Å². The number of hydrogen-bond donors (Lipinski definition) is 4. The fourth-order valence-electron chi connectivity index (χ4n) is 6.22. The molecule has 0 saturated heterocycles. The molecular weight excluding hydrogens is 791 g/mol.